The minimum atomic E-state index is -0.686. The second kappa shape index (κ2) is 3.34. The molecular formula is C10H9FN2O2. The van der Waals surface area contributed by atoms with Crippen molar-refractivity contribution in [3.63, 3.8) is 0 Å². The van der Waals surface area contributed by atoms with Crippen LogP contribution in [0.15, 0.2) is 18.5 Å². The van der Waals surface area contributed by atoms with Crippen LogP contribution < -0.4 is 0 Å². The molecule has 0 N–H and O–H groups in total. The van der Waals surface area contributed by atoms with Gasteiger partial charge in [0.2, 0.25) is 0 Å². The number of ether oxygens (including phenoxy) is 1. The predicted molar refractivity (Wildman–Crippen MR) is 51.2 cm³/mol. The molecule has 0 aliphatic carbocycles. The number of carbonyl (C=O) groups is 1. The van der Waals surface area contributed by atoms with Gasteiger partial charge in [0.15, 0.2) is 5.82 Å². The van der Waals surface area contributed by atoms with Crippen molar-refractivity contribution in [3.05, 3.63) is 35.7 Å². The Labute approximate surface area is 85.3 Å². The molecule has 0 aliphatic rings. The Hall–Kier alpha value is -1.91. The van der Waals surface area contributed by atoms with E-state index in [9.17, 15) is 9.18 Å². The molecule has 2 rings (SSSR count). The minimum absolute atomic E-state index is 0.0788. The highest BCUT2D eigenvalue weighted by Crippen LogP contribution is 2.14. The highest BCUT2D eigenvalue weighted by molar-refractivity contribution is 5.90. The molecule has 0 spiro atoms. The number of methoxy groups -OCH3 is 1. The third-order valence-electron chi connectivity index (χ3n) is 2.21. The van der Waals surface area contributed by atoms with Crippen LogP contribution in [0.3, 0.4) is 0 Å². The number of halogens is 1. The molecule has 2 aromatic heterocycles. The number of hydrogen-bond donors (Lipinski definition) is 0. The van der Waals surface area contributed by atoms with E-state index in [1.165, 1.54) is 19.4 Å². The number of fused-ring (bicyclic) bond motifs is 1. The largest absolute Gasteiger partial charge is 0.465 e. The van der Waals surface area contributed by atoms with Gasteiger partial charge in [0.05, 0.1) is 24.4 Å². The molecule has 0 amide bonds. The lowest BCUT2D eigenvalue weighted by Crippen LogP contribution is -2.06. The average molecular weight is 208 g/mol. The molecular weight excluding hydrogens is 199 g/mol. The summed E-state index contributed by atoms with van der Waals surface area (Å²) in [5.74, 6) is -0.635. The van der Waals surface area contributed by atoms with Crippen LogP contribution in [0.1, 0.15) is 16.2 Å². The van der Waals surface area contributed by atoms with Gasteiger partial charge in [0.1, 0.15) is 5.82 Å². The number of rotatable bonds is 1. The van der Waals surface area contributed by atoms with Gasteiger partial charge in [0.25, 0.3) is 0 Å². The number of hydrogen-bond acceptors (Lipinski definition) is 3. The van der Waals surface area contributed by atoms with Gasteiger partial charge in [-0.3, -0.25) is 0 Å². The maximum atomic E-state index is 13.5. The standard InChI is InChI=1S/C10H9FN2O2/c1-6-12-4-7-3-8(10(14)15-2)9(11)5-13(6)7/h3-5H,1-2H3. The summed E-state index contributed by atoms with van der Waals surface area (Å²) in [6.45, 7) is 1.75. The minimum Gasteiger partial charge on any atom is -0.465 e. The fraction of sp³-hybridized carbons (Fsp3) is 0.200. The van der Waals surface area contributed by atoms with Crippen molar-refractivity contribution in [2.45, 2.75) is 6.92 Å². The number of pyridine rings is 1. The van der Waals surface area contributed by atoms with Gasteiger partial charge in [-0.05, 0) is 13.0 Å². The highest BCUT2D eigenvalue weighted by atomic mass is 19.1. The summed E-state index contributed by atoms with van der Waals surface area (Å²) in [6, 6.07) is 1.42. The van der Waals surface area contributed by atoms with Crippen molar-refractivity contribution in [2.75, 3.05) is 7.11 Å². The predicted octanol–water partition coefficient (Wildman–Crippen LogP) is 1.57. The maximum Gasteiger partial charge on any atom is 0.340 e. The van der Waals surface area contributed by atoms with Gasteiger partial charge in [-0.2, -0.15) is 0 Å². The van der Waals surface area contributed by atoms with E-state index in [1.807, 2.05) is 0 Å². The Morgan fingerprint density at radius 3 is 3.00 bits per heavy atom. The normalized spacial score (nSPS) is 10.6. The molecule has 0 atom stereocenters. The zero-order valence-electron chi connectivity index (χ0n) is 8.32. The quantitative estimate of drug-likeness (QED) is 0.668. The first kappa shape index (κ1) is 9.64. The lowest BCUT2D eigenvalue weighted by atomic mass is 10.2. The van der Waals surface area contributed by atoms with Crippen LogP contribution in [0.5, 0.6) is 0 Å². The van der Waals surface area contributed by atoms with Gasteiger partial charge < -0.3 is 9.14 Å². The van der Waals surface area contributed by atoms with Crippen molar-refractivity contribution < 1.29 is 13.9 Å². The third kappa shape index (κ3) is 1.45. The fourth-order valence-electron chi connectivity index (χ4n) is 1.41. The summed E-state index contributed by atoms with van der Waals surface area (Å²) in [4.78, 5) is 15.2. The molecule has 0 bridgehead atoms. The van der Waals surface area contributed by atoms with E-state index in [-0.39, 0.29) is 5.56 Å². The molecule has 0 saturated carbocycles. The van der Waals surface area contributed by atoms with Crippen LogP contribution in [0, 0.1) is 12.7 Å². The smallest absolute Gasteiger partial charge is 0.340 e. The number of imidazole rings is 1. The monoisotopic (exact) mass is 208 g/mol. The lowest BCUT2D eigenvalue weighted by Gasteiger charge is -2.02. The van der Waals surface area contributed by atoms with Crippen molar-refractivity contribution in [1.82, 2.24) is 9.38 Å². The van der Waals surface area contributed by atoms with Crippen molar-refractivity contribution >= 4 is 11.5 Å². The van der Waals surface area contributed by atoms with Crippen molar-refractivity contribution in [2.24, 2.45) is 0 Å². The Morgan fingerprint density at radius 1 is 1.60 bits per heavy atom. The van der Waals surface area contributed by atoms with Crippen LogP contribution in [0.2, 0.25) is 0 Å². The Morgan fingerprint density at radius 2 is 2.33 bits per heavy atom. The highest BCUT2D eigenvalue weighted by Gasteiger charge is 2.14. The van der Waals surface area contributed by atoms with E-state index in [0.29, 0.717) is 11.3 Å². The summed E-state index contributed by atoms with van der Waals surface area (Å²) in [6.07, 6.45) is 2.80. The van der Waals surface area contributed by atoms with Crippen LogP contribution >= 0.6 is 0 Å². The SMILES string of the molecule is COC(=O)c1cc2cnc(C)n2cc1F. The Kier molecular flexibility index (Phi) is 2.15. The number of esters is 1. The molecule has 0 unspecified atom stereocenters. The average Bonchev–Trinajstić information content (AvgIpc) is 2.58. The van der Waals surface area contributed by atoms with Crippen LogP contribution in [0.4, 0.5) is 4.39 Å². The van der Waals surface area contributed by atoms with E-state index >= 15 is 0 Å². The molecule has 15 heavy (non-hydrogen) atoms. The van der Waals surface area contributed by atoms with Gasteiger partial charge in [-0.1, -0.05) is 0 Å². The molecule has 2 aromatic rings. The van der Waals surface area contributed by atoms with E-state index in [1.54, 1.807) is 17.5 Å². The summed E-state index contributed by atoms with van der Waals surface area (Å²) < 4.78 is 19.5. The van der Waals surface area contributed by atoms with E-state index in [4.69, 9.17) is 0 Å². The van der Waals surface area contributed by atoms with E-state index in [0.717, 1.165) is 0 Å². The first-order valence-electron chi connectivity index (χ1n) is 4.35. The molecule has 0 radical (unpaired) electrons. The second-order valence-electron chi connectivity index (χ2n) is 3.13. The van der Waals surface area contributed by atoms with E-state index in [2.05, 4.69) is 9.72 Å². The molecule has 0 aromatic carbocycles. The molecule has 5 heteroatoms. The summed E-state index contributed by atoms with van der Waals surface area (Å²) in [5, 5.41) is 0. The number of aromatic nitrogens is 2. The van der Waals surface area contributed by atoms with Gasteiger partial charge >= 0.3 is 5.97 Å². The molecule has 2 heterocycles. The van der Waals surface area contributed by atoms with Crippen molar-refractivity contribution in [3.8, 4) is 0 Å². The number of aryl methyl sites for hydroxylation is 1. The second-order valence-corrected chi connectivity index (χ2v) is 3.13. The first-order valence-corrected chi connectivity index (χ1v) is 4.35. The van der Waals surface area contributed by atoms with Crippen LogP contribution in [0.25, 0.3) is 5.52 Å². The van der Waals surface area contributed by atoms with Crippen molar-refractivity contribution in [1.29, 1.82) is 0 Å². The van der Waals surface area contributed by atoms with Crippen LogP contribution in [-0.2, 0) is 4.74 Å². The fourth-order valence-corrected chi connectivity index (χ4v) is 1.41. The number of carbonyl (C=O) groups excluding carboxylic acids is 1. The van der Waals surface area contributed by atoms with Gasteiger partial charge in [0, 0.05) is 6.20 Å². The first-order chi connectivity index (χ1) is 7.13. The van der Waals surface area contributed by atoms with Gasteiger partial charge in [-0.25, -0.2) is 14.2 Å². The third-order valence-corrected chi connectivity index (χ3v) is 2.21. The van der Waals surface area contributed by atoms with Gasteiger partial charge in [-0.15, -0.1) is 0 Å². The topological polar surface area (TPSA) is 43.6 Å². The number of nitrogens with zero attached hydrogens (tertiary/aromatic N) is 2. The molecule has 4 nitrogen and oxygen atoms in total. The van der Waals surface area contributed by atoms with Crippen LogP contribution in [-0.4, -0.2) is 22.5 Å². The Balaban J connectivity index is 2.68. The molecule has 0 saturated heterocycles. The molecule has 0 fully saturated rings. The molecule has 0 aliphatic heterocycles. The summed E-state index contributed by atoms with van der Waals surface area (Å²) in [5.41, 5.74) is 0.583. The summed E-state index contributed by atoms with van der Waals surface area (Å²) >= 11 is 0. The maximum absolute atomic E-state index is 13.5. The molecule has 78 valence electrons. The van der Waals surface area contributed by atoms with E-state index < -0.39 is 11.8 Å². The zero-order valence-corrected chi connectivity index (χ0v) is 8.32. The summed E-state index contributed by atoms with van der Waals surface area (Å²) in [7, 11) is 1.22. The zero-order chi connectivity index (χ0) is 11.0. The lowest BCUT2D eigenvalue weighted by molar-refractivity contribution is 0.0595. The Bertz CT molecular complexity index is 533.